The summed E-state index contributed by atoms with van der Waals surface area (Å²) in [4.78, 5) is 0. The highest BCUT2D eigenvalue weighted by molar-refractivity contribution is 6.22. The fourth-order valence-corrected chi connectivity index (χ4v) is 2.37. The number of hydrogen-bond acceptors (Lipinski definition) is 1. The molecule has 0 saturated carbocycles. The number of hydrogen-bond donors (Lipinski definition) is 0. The molecule has 21 heavy (non-hydrogen) atoms. The third kappa shape index (κ3) is 2.81. The van der Waals surface area contributed by atoms with Crippen LogP contribution in [0.4, 0.5) is 8.78 Å². The van der Waals surface area contributed by atoms with Crippen molar-refractivity contribution in [1.29, 1.82) is 0 Å². The van der Waals surface area contributed by atoms with Gasteiger partial charge in [-0.1, -0.05) is 24.3 Å². The van der Waals surface area contributed by atoms with Crippen molar-refractivity contribution in [3.63, 3.8) is 0 Å². The topological polar surface area (TPSA) is 17.8 Å². The van der Waals surface area contributed by atoms with Gasteiger partial charge in [-0.25, -0.2) is 13.5 Å². The predicted molar refractivity (Wildman–Crippen MR) is 77.6 cm³/mol. The molecule has 3 rings (SSSR count). The van der Waals surface area contributed by atoms with Crippen LogP contribution in [-0.4, -0.2) is 9.78 Å². The van der Waals surface area contributed by atoms with E-state index >= 15 is 0 Å². The molecule has 0 N–H and O–H groups in total. The van der Waals surface area contributed by atoms with Gasteiger partial charge in [-0.05, 0) is 18.2 Å². The van der Waals surface area contributed by atoms with Crippen LogP contribution in [0, 0.1) is 11.6 Å². The Labute approximate surface area is 125 Å². The van der Waals surface area contributed by atoms with Crippen LogP contribution in [0.15, 0.2) is 60.9 Å². The lowest BCUT2D eigenvalue weighted by atomic mass is 10.1. The minimum Gasteiger partial charge on any atom is -0.241 e. The maximum Gasteiger partial charge on any atom is 0.131 e. The van der Waals surface area contributed by atoms with E-state index in [-0.39, 0.29) is 5.56 Å². The van der Waals surface area contributed by atoms with E-state index in [1.807, 2.05) is 30.3 Å². The van der Waals surface area contributed by atoms with Crippen LogP contribution in [0.5, 0.6) is 0 Å². The van der Waals surface area contributed by atoms with Crippen molar-refractivity contribution < 1.29 is 8.78 Å². The molecule has 0 saturated heterocycles. The monoisotopic (exact) mass is 304 g/mol. The fourth-order valence-electron chi connectivity index (χ4n) is 2.08. The summed E-state index contributed by atoms with van der Waals surface area (Å²) in [6.07, 6.45) is 3.31. The van der Waals surface area contributed by atoms with Gasteiger partial charge in [-0.2, -0.15) is 5.10 Å². The van der Waals surface area contributed by atoms with Crippen LogP contribution >= 0.6 is 11.6 Å². The standard InChI is InChI=1S/C16H11ClF2N2/c17-16(14-7-6-12(18)8-15(14)19)11-9-20-21(10-11)13-4-2-1-3-5-13/h1-10,16H. The van der Waals surface area contributed by atoms with Gasteiger partial charge in [0.25, 0.3) is 0 Å². The van der Waals surface area contributed by atoms with Crippen molar-refractivity contribution in [2.24, 2.45) is 0 Å². The molecule has 3 aromatic rings. The molecule has 1 aromatic heterocycles. The molecule has 0 fully saturated rings. The van der Waals surface area contributed by atoms with Crippen LogP contribution in [0.2, 0.25) is 0 Å². The number of aromatic nitrogens is 2. The molecule has 1 unspecified atom stereocenters. The zero-order valence-corrected chi connectivity index (χ0v) is 11.6. The second-order valence-corrected chi connectivity index (χ2v) is 5.02. The number of para-hydroxylation sites is 1. The molecule has 0 radical (unpaired) electrons. The molecular weight excluding hydrogens is 294 g/mol. The molecule has 2 aromatic carbocycles. The van der Waals surface area contributed by atoms with E-state index < -0.39 is 17.0 Å². The van der Waals surface area contributed by atoms with Crippen molar-refractivity contribution >= 4 is 11.6 Å². The van der Waals surface area contributed by atoms with Crippen LogP contribution in [0.1, 0.15) is 16.5 Å². The van der Waals surface area contributed by atoms with E-state index in [1.165, 1.54) is 12.1 Å². The normalized spacial score (nSPS) is 12.3. The predicted octanol–water partition coefficient (Wildman–Crippen LogP) is 4.48. The van der Waals surface area contributed by atoms with E-state index in [9.17, 15) is 8.78 Å². The summed E-state index contributed by atoms with van der Waals surface area (Å²) in [5, 5.41) is 3.50. The zero-order chi connectivity index (χ0) is 14.8. The van der Waals surface area contributed by atoms with Gasteiger partial charge in [-0.3, -0.25) is 0 Å². The Kier molecular flexibility index (Phi) is 3.71. The smallest absolute Gasteiger partial charge is 0.131 e. The summed E-state index contributed by atoms with van der Waals surface area (Å²) < 4.78 is 28.4. The molecule has 5 heteroatoms. The first-order valence-electron chi connectivity index (χ1n) is 6.34. The minimum absolute atomic E-state index is 0.227. The zero-order valence-electron chi connectivity index (χ0n) is 10.9. The SMILES string of the molecule is Fc1ccc(C(Cl)c2cnn(-c3ccccc3)c2)c(F)c1. The summed E-state index contributed by atoms with van der Waals surface area (Å²) in [5.41, 5.74) is 1.75. The molecule has 106 valence electrons. The Morgan fingerprint density at radius 2 is 1.81 bits per heavy atom. The summed E-state index contributed by atoms with van der Waals surface area (Å²) >= 11 is 6.27. The van der Waals surface area contributed by atoms with Crippen molar-refractivity contribution in [3.05, 3.63) is 83.7 Å². The van der Waals surface area contributed by atoms with Gasteiger partial charge in [-0.15, -0.1) is 11.6 Å². The number of nitrogens with zero attached hydrogens (tertiary/aromatic N) is 2. The molecule has 0 spiro atoms. The Balaban J connectivity index is 1.92. The van der Waals surface area contributed by atoms with Gasteiger partial charge in [0, 0.05) is 23.4 Å². The molecule has 0 aliphatic carbocycles. The first-order valence-corrected chi connectivity index (χ1v) is 6.78. The lowest BCUT2D eigenvalue weighted by Gasteiger charge is -2.08. The summed E-state index contributed by atoms with van der Waals surface area (Å²) in [5.74, 6) is -1.29. The third-order valence-corrected chi connectivity index (χ3v) is 3.64. The molecule has 1 atom stereocenters. The van der Waals surface area contributed by atoms with Crippen LogP contribution in [0.25, 0.3) is 5.69 Å². The van der Waals surface area contributed by atoms with Gasteiger partial charge < -0.3 is 0 Å². The molecular formula is C16H11ClF2N2. The molecule has 0 aliphatic rings. The molecule has 0 amide bonds. The molecule has 0 aliphatic heterocycles. The largest absolute Gasteiger partial charge is 0.241 e. The number of benzene rings is 2. The Bertz CT molecular complexity index is 756. The highest BCUT2D eigenvalue weighted by Gasteiger charge is 2.17. The quantitative estimate of drug-likeness (QED) is 0.652. The van der Waals surface area contributed by atoms with E-state index in [2.05, 4.69) is 5.10 Å². The lowest BCUT2D eigenvalue weighted by molar-refractivity contribution is 0.573. The van der Waals surface area contributed by atoms with E-state index in [0.717, 1.165) is 11.8 Å². The molecule has 1 heterocycles. The van der Waals surface area contributed by atoms with Crippen molar-refractivity contribution in [3.8, 4) is 5.69 Å². The lowest BCUT2D eigenvalue weighted by Crippen LogP contribution is -1.97. The molecule has 2 nitrogen and oxygen atoms in total. The highest BCUT2D eigenvalue weighted by atomic mass is 35.5. The summed E-state index contributed by atoms with van der Waals surface area (Å²) in [6, 6.07) is 12.9. The second kappa shape index (κ2) is 5.66. The maximum absolute atomic E-state index is 13.8. The Hall–Kier alpha value is -2.20. The van der Waals surface area contributed by atoms with Gasteiger partial charge in [0.1, 0.15) is 11.6 Å². The first kappa shape index (κ1) is 13.8. The van der Waals surface area contributed by atoms with Gasteiger partial charge in [0.05, 0.1) is 17.3 Å². The van der Waals surface area contributed by atoms with Crippen LogP contribution in [0.3, 0.4) is 0 Å². The first-order chi connectivity index (χ1) is 10.1. The van der Waals surface area contributed by atoms with Crippen LogP contribution in [-0.2, 0) is 0 Å². The summed E-state index contributed by atoms with van der Waals surface area (Å²) in [7, 11) is 0. The number of alkyl halides is 1. The van der Waals surface area contributed by atoms with E-state index in [4.69, 9.17) is 11.6 Å². The van der Waals surface area contributed by atoms with E-state index in [0.29, 0.717) is 5.56 Å². The average molecular weight is 305 g/mol. The third-order valence-electron chi connectivity index (χ3n) is 3.15. The molecule has 0 bridgehead atoms. The number of rotatable bonds is 3. The van der Waals surface area contributed by atoms with Crippen molar-refractivity contribution in [2.75, 3.05) is 0 Å². The maximum atomic E-state index is 13.8. The minimum atomic E-state index is -0.719. The van der Waals surface area contributed by atoms with Gasteiger partial charge >= 0.3 is 0 Å². The number of halogens is 3. The van der Waals surface area contributed by atoms with Gasteiger partial charge in [0.2, 0.25) is 0 Å². The van der Waals surface area contributed by atoms with Crippen molar-refractivity contribution in [2.45, 2.75) is 5.38 Å². The average Bonchev–Trinajstić information content (AvgIpc) is 2.97. The summed E-state index contributed by atoms with van der Waals surface area (Å²) in [6.45, 7) is 0. The van der Waals surface area contributed by atoms with Crippen LogP contribution < -0.4 is 0 Å². The Morgan fingerprint density at radius 3 is 2.52 bits per heavy atom. The van der Waals surface area contributed by atoms with Gasteiger partial charge in [0.15, 0.2) is 0 Å². The second-order valence-electron chi connectivity index (χ2n) is 4.58. The Morgan fingerprint density at radius 1 is 1.05 bits per heavy atom. The van der Waals surface area contributed by atoms with E-state index in [1.54, 1.807) is 17.1 Å². The highest BCUT2D eigenvalue weighted by Crippen LogP contribution is 2.30. The van der Waals surface area contributed by atoms with Crippen molar-refractivity contribution in [1.82, 2.24) is 9.78 Å². The fraction of sp³-hybridized carbons (Fsp3) is 0.0625.